The largest absolute Gasteiger partial charge is 0.436 e. The van der Waals surface area contributed by atoms with Crippen molar-refractivity contribution in [3.63, 3.8) is 0 Å². The van der Waals surface area contributed by atoms with E-state index < -0.39 is 5.91 Å². The number of nitrogens with one attached hydrogen (secondary N) is 2. The quantitative estimate of drug-likeness (QED) is 0.255. The topological polar surface area (TPSA) is 67.2 Å². The Morgan fingerprint density at radius 2 is 2.00 bits per heavy atom. The van der Waals surface area contributed by atoms with Gasteiger partial charge in [0.15, 0.2) is 10.7 Å². The Bertz CT molecular complexity index is 1350. The van der Waals surface area contributed by atoms with Crippen molar-refractivity contribution in [3.05, 3.63) is 81.3 Å². The highest BCUT2D eigenvalue weighted by Gasteiger charge is 2.14. The number of fused-ring (bicyclic) bond motifs is 1. The molecule has 0 saturated heterocycles. The van der Waals surface area contributed by atoms with Gasteiger partial charge in [-0.3, -0.25) is 10.1 Å². The zero-order valence-electron chi connectivity index (χ0n) is 18.0. The van der Waals surface area contributed by atoms with Crippen molar-refractivity contribution in [1.82, 2.24) is 10.3 Å². The molecule has 0 unspecified atom stereocenters. The Morgan fingerprint density at radius 3 is 2.79 bits per heavy atom. The standard InChI is InChI=1S/C25H21BrClN3O2S/c1-3-14(2)15-7-10-22-21(12-15)29-24(32-22)16-5-4-6-18(11-16)28-25(33)30-23(31)19-13-17(26)8-9-20(19)27/h4-14H,3H2,1-2H3,(H2,28,30,31,33)/t14-/m0/s1. The minimum atomic E-state index is -0.397. The summed E-state index contributed by atoms with van der Waals surface area (Å²) in [6.07, 6.45) is 1.06. The normalized spacial score (nSPS) is 11.9. The van der Waals surface area contributed by atoms with Crippen LogP contribution in [0.2, 0.25) is 5.02 Å². The Balaban J connectivity index is 1.50. The van der Waals surface area contributed by atoms with Crippen LogP contribution in [0.25, 0.3) is 22.6 Å². The Kier molecular flexibility index (Phi) is 7.12. The number of nitrogens with zero attached hydrogens (tertiary/aromatic N) is 1. The molecule has 0 saturated carbocycles. The number of aromatic nitrogens is 1. The minimum Gasteiger partial charge on any atom is -0.436 e. The molecular formula is C25H21BrClN3O2S. The van der Waals surface area contributed by atoms with Crippen molar-refractivity contribution in [2.75, 3.05) is 5.32 Å². The van der Waals surface area contributed by atoms with E-state index in [2.05, 4.69) is 57.5 Å². The Hall–Kier alpha value is -2.74. The SMILES string of the molecule is CC[C@H](C)c1ccc2oc(-c3cccc(NC(=S)NC(=O)c4cc(Br)ccc4Cl)c3)nc2c1. The van der Waals surface area contributed by atoms with Crippen LogP contribution in [0.4, 0.5) is 5.69 Å². The highest BCUT2D eigenvalue weighted by Crippen LogP contribution is 2.29. The lowest BCUT2D eigenvalue weighted by Crippen LogP contribution is -2.34. The van der Waals surface area contributed by atoms with Crippen LogP contribution in [0.5, 0.6) is 0 Å². The van der Waals surface area contributed by atoms with Gasteiger partial charge in [-0.25, -0.2) is 4.98 Å². The molecule has 0 spiro atoms. The summed E-state index contributed by atoms with van der Waals surface area (Å²) in [5, 5.41) is 6.18. The predicted octanol–water partition coefficient (Wildman–Crippen LogP) is 7.55. The van der Waals surface area contributed by atoms with Gasteiger partial charge in [0, 0.05) is 15.7 Å². The van der Waals surface area contributed by atoms with E-state index in [-0.39, 0.29) is 5.11 Å². The predicted molar refractivity (Wildman–Crippen MR) is 141 cm³/mol. The first kappa shape index (κ1) is 23.4. The number of rotatable bonds is 5. The van der Waals surface area contributed by atoms with Gasteiger partial charge in [0.1, 0.15) is 5.52 Å². The fourth-order valence-corrected chi connectivity index (χ4v) is 4.12. The van der Waals surface area contributed by atoms with Gasteiger partial charge in [0.2, 0.25) is 5.89 Å². The number of benzene rings is 3. The van der Waals surface area contributed by atoms with E-state index in [1.165, 1.54) is 5.56 Å². The Labute approximate surface area is 210 Å². The van der Waals surface area contributed by atoms with E-state index in [4.69, 9.17) is 28.2 Å². The average Bonchev–Trinajstić information content (AvgIpc) is 3.23. The molecule has 33 heavy (non-hydrogen) atoms. The van der Waals surface area contributed by atoms with Crippen LogP contribution in [-0.2, 0) is 0 Å². The van der Waals surface area contributed by atoms with Gasteiger partial charge in [-0.1, -0.05) is 53.5 Å². The number of halogens is 2. The third-order valence-corrected chi connectivity index (χ3v) is 6.39. The van der Waals surface area contributed by atoms with Gasteiger partial charge in [0.05, 0.1) is 10.6 Å². The van der Waals surface area contributed by atoms with E-state index in [0.29, 0.717) is 28.1 Å². The third-order valence-electron chi connectivity index (χ3n) is 5.36. The molecule has 1 amide bonds. The lowest BCUT2D eigenvalue weighted by atomic mass is 9.98. The van der Waals surface area contributed by atoms with E-state index in [1.807, 2.05) is 30.3 Å². The number of oxazole rings is 1. The summed E-state index contributed by atoms with van der Waals surface area (Å²) in [5.74, 6) is 0.585. The van der Waals surface area contributed by atoms with Crippen molar-refractivity contribution in [2.45, 2.75) is 26.2 Å². The average molecular weight is 543 g/mol. The summed E-state index contributed by atoms with van der Waals surface area (Å²) in [6, 6.07) is 18.7. The molecule has 0 fully saturated rings. The van der Waals surface area contributed by atoms with E-state index in [9.17, 15) is 4.79 Å². The summed E-state index contributed by atoms with van der Waals surface area (Å²) >= 11 is 14.8. The third kappa shape index (κ3) is 5.43. The van der Waals surface area contributed by atoms with Crippen molar-refractivity contribution in [3.8, 4) is 11.5 Å². The first-order chi connectivity index (χ1) is 15.8. The molecule has 1 atom stereocenters. The fourth-order valence-electron chi connectivity index (χ4n) is 3.34. The molecule has 0 aliphatic carbocycles. The van der Waals surface area contributed by atoms with Gasteiger partial charge in [-0.05, 0) is 78.7 Å². The van der Waals surface area contributed by atoms with Gasteiger partial charge in [0.25, 0.3) is 5.91 Å². The summed E-state index contributed by atoms with van der Waals surface area (Å²) < 4.78 is 6.72. The number of carbonyl (C=O) groups is 1. The molecule has 0 bridgehead atoms. The van der Waals surface area contributed by atoms with Gasteiger partial charge in [-0.15, -0.1) is 0 Å². The molecule has 4 rings (SSSR count). The number of hydrogen-bond donors (Lipinski definition) is 2. The van der Waals surface area contributed by atoms with E-state index >= 15 is 0 Å². The molecule has 8 heteroatoms. The number of amides is 1. The van der Waals surface area contributed by atoms with Gasteiger partial charge < -0.3 is 9.73 Å². The molecule has 168 valence electrons. The number of hydrogen-bond acceptors (Lipinski definition) is 4. The van der Waals surface area contributed by atoms with Gasteiger partial charge >= 0.3 is 0 Å². The lowest BCUT2D eigenvalue weighted by Gasteiger charge is -2.11. The number of thiocarbonyl (C=S) groups is 1. The van der Waals surface area contributed by atoms with Crippen molar-refractivity contribution in [2.24, 2.45) is 0 Å². The highest BCUT2D eigenvalue weighted by molar-refractivity contribution is 9.10. The lowest BCUT2D eigenvalue weighted by molar-refractivity contribution is 0.0978. The van der Waals surface area contributed by atoms with Gasteiger partial charge in [-0.2, -0.15) is 0 Å². The number of anilines is 1. The minimum absolute atomic E-state index is 0.156. The molecule has 0 radical (unpaired) electrons. The maximum Gasteiger partial charge on any atom is 0.258 e. The van der Waals surface area contributed by atoms with Crippen molar-refractivity contribution >= 4 is 67.6 Å². The maximum absolute atomic E-state index is 12.5. The molecule has 4 aromatic rings. The van der Waals surface area contributed by atoms with Crippen LogP contribution in [0.3, 0.4) is 0 Å². The summed E-state index contributed by atoms with van der Waals surface area (Å²) in [4.78, 5) is 17.2. The highest BCUT2D eigenvalue weighted by atomic mass is 79.9. The summed E-state index contributed by atoms with van der Waals surface area (Å²) in [7, 11) is 0. The van der Waals surface area contributed by atoms with Crippen LogP contribution in [0.1, 0.15) is 42.1 Å². The van der Waals surface area contributed by atoms with E-state index in [1.54, 1.807) is 18.2 Å². The van der Waals surface area contributed by atoms with Crippen molar-refractivity contribution in [1.29, 1.82) is 0 Å². The molecule has 1 heterocycles. The zero-order valence-corrected chi connectivity index (χ0v) is 21.1. The first-order valence-electron chi connectivity index (χ1n) is 10.4. The zero-order chi connectivity index (χ0) is 23.5. The smallest absolute Gasteiger partial charge is 0.258 e. The second-order valence-corrected chi connectivity index (χ2v) is 9.40. The van der Waals surface area contributed by atoms with E-state index in [0.717, 1.165) is 27.6 Å². The van der Waals surface area contributed by atoms with Crippen molar-refractivity contribution < 1.29 is 9.21 Å². The van der Waals surface area contributed by atoms with Crippen LogP contribution in [0, 0.1) is 0 Å². The summed E-state index contributed by atoms with van der Waals surface area (Å²) in [5.41, 5.74) is 4.63. The first-order valence-corrected chi connectivity index (χ1v) is 12.0. The molecular weight excluding hydrogens is 522 g/mol. The van der Waals surface area contributed by atoms with Crippen LogP contribution < -0.4 is 10.6 Å². The molecule has 3 aromatic carbocycles. The van der Waals surface area contributed by atoms with Crippen LogP contribution in [-0.4, -0.2) is 16.0 Å². The summed E-state index contributed by atoms with van der Waals surface area (Å²) in [6.45, 7) is 4.37. The van der Waals surface area contributed by atoms with Crippen LogP contribution >= 0.6 is 39.7 Å². The number of carbonyl (C=O) groups excluding carboxylic acids is 1. The molecule has 0 aliphatic heterocycles. The molecule has 1 aromatic heterocycles. The second-order valence-electron chi connectivity index (χ2n) is 7.67. The fraction of sp³-hybridized carbons (Fsp3) is 0.160. The van der Waals surface area contributed by atoms with Crippen LogP contribution in [0.15, 0.2) is 69.6 Å². The Morgan fingerprint density at radius 1 is 1.18 bits per heavy atom. The molecule has 0 aliphatic rings. The monoisotopic (exact) mass is 541 g/mol. The molecule has 5 nitrogen and oxygen atoms in total. The molecule has 2 N–H and O–H groups in total. The maximum atomic E-state index is 12.5. The second kappa shape index (κ2) is 10.0.